The zero-order valence-corrected chi connectivity index (χ0v) is 11.4. The van der Waals surface area contributed by atoms with Gasteiger partial charge in [0.15, 0.2) is 11.6 Å². The summed E-state index contributed by atoms with van der Waals surface area (Å²) in [5.74, 6) is -0.217. The van der Waals surface area contributed by atoms with E-state index in [1.54, 1.807) is 6.07 Å². The van der Waals surface area contributed by atoms with Crippen LogP contribution in [0.2, 0.25) is 0 Å². The Morgan fingerprint density at radius 1 is 1.35 bits per heavy atom. The molecular weight excluding hydrogens is 256 g/mol. The van der Waals surface area contributed by atoms with Crippen LogP contribution in [0.25, 0.3) is 5.57 Å². The Kier molecular flexibility index (Phi) is 4.15. The summed E-state index contributed by atoms with van der Waals surface area (Å²) in [7, 11) is 0. The first-order valence-corrected chi connectivity index (χ1v) is 6.35. The number of hydrogen-bond acceptors (Lipinski definition) is 4. The van der Waals surface area contributed by atoms with Crippen molar-refractivity contribution in [2.24, 2.45) is 0 Å². The highest BCUT2D eigenvalue weighted by Gasteiger charge is 2.20. The Morgan fingerprint density at radius 3 is 2.80 bits per heavy atom. The predicted molar refractivity (Wildman–Crippen MR) is 74.8 cm³/mol. The summed E-state index contributed by atoms with van der Waals surface area (Å²) in [6.07, 6.45) is 6.82. The van der Waals surface area contributed by atoms with Crippen LogP contribution >= 0.6 is 0 Å². The number of hydrogen-bond donors (Lipinski definition) is 1. The summed E-state index contributed by atoms with van der Waals surface area (Å²) < 4.78 is 5.29. The average Bonchev–Trinajstić information content (AvgIpc) is 2.88. The Hall–Kier alpha value is -2.20. The van der Waals surface area contributed by atoms with E-state index in [2.05, 4.69) is 0 Å². The number of furan rings is 1. The molecule has 4 nitrogen and oxygen atoms in total. The van der Waals surface area contributed by atoms with Crippen LogP contribution < -0.4 is 0 Å². The smallest absolute Gasteiger partial charge is 0.189 e. The second-order valence-electron chi connectivity index (χ2n) is 4.94. The highest BCUT2D eigenvalue weighted by molar-refractivity contribution is 6.33. The normalized spacial score (nSPS) is 16.1. The van der Waals surface area contributed by atoms with Gasteiger partial charge in [0.2, 0.25) is 0 Å². The number of aliphatic hydroxyl groups excluding tert-OH is 1. The third-order valence-corrected chi connectivity index (χ3v) is 2.97. The van der Waals surface area contributed by atoms with Crippen molar-refractivity contribution in [3.8, 4) is 0 Å². The quantitative estimate of drug-likeness (QED) is 0.676. The zero-order valence-electron chi connectivity index (χ0n) is 11.4. The molecule has 0 radical (unpaired) electrons. The number of carbonyl (C=O) groups is 2. The summed E-state index contributed by atoms with van der Waals surface area (Å²) in [6.45, 7) is 3.91. The van der Waals surface area contributed by atoms with Gasteiger partial charge in [-0.15, -0.1) is 0 Å². The standard InChI is InChI=1S/C16H16O4/c1-10(2)3-5-14(18)11-7-16(20-9-11)13-8-12(17)4-6-15(13)19/h3-4,6-9,14,18H,5H2,1-2H3. The molecule has 20 heavy (non-hydrogen) atoms. The van der Waals surface area contributed by atoms with E-state index in [1.807, 2.05) is 19.9 Å². The van der Waals surface area contributed by atoms with E-state index >= 15 is 0 Å². The van der Waals surface area contributed by atoms with Crippen molar-refractivity contribution in [1.29, 1.82) is 0 Å². The van der Waals surface area contributed by atoms with E-state index in [0.717, 1.165) is 5.57 Å². The maximum Gasteiger partial charge on any atom is 0.189 e. The average molecular weight is 272 g/mol. The van der Waals surface area contributed by atoms with Gasteiger partial charge in [0, 0.05) is 11.6 Å². The molecule has 1 aliphatic carbocycles. The molecule has 1 unspecified atom stereocenters. The molecule has 0 saturated heterocycles. The lowest BCUT2D eigenvalue weighted by Gasteiger charge is -2.04. The molecule has 2 rings (SSSR count). The molecule has 0 aliphatic heterocycles. The third kappa shape index (κ3) is 3.22. The van der Waals surface area contributed by atoms with E-state index in [1.165, 1.54) is 24.5 Å². The van der Waals surface area contributed by atoms with Gasteiger partial charge >= 0.3 is 0 Å². The lowest BCUT2D eigenvalue weighted by atomic mass is 10.0. The number of aliphatic hydroxyl groups is 1. The van der Waals surface area contributed by atoms with Crippen molar-refractivity contribution in [1.82, 2.24) is 0 Å². The first-order chi connectivity index (χ1) is 9.47. The highest BCUT2D eigenvalue weighted by Crippen LogP contribution is 2.26. The number of allylic oxidation sites excluding steroid dienone is 5. The first-order valence-electron chi connectivity index (χ1n) is 6.35. The summed E-state index contributed by atoms with van der Waals surface area (Å²) in [5.41, 5.74) is 1.93. The molecule has 104 valence electrons. The maximum absolute atomic E-state index is 11.7. The van der Waals surface area contributed by atoms with Crippen LogP contribution in [0, 0.1) is 0 Å². The molecule has 0 aromatic carbocycles. The second kappa shape index (κ2) is 5.84. The molecule has 0 spiro atoms. The van der Waals surface area contributed by atoms with Crippen molar-refractivity contribution < 1.29 is 19.1 Å². The number of ketones is 2. The molecule has 1 aliphatic rings. The Balaban J connectivity index is 2.19. The summed E-state index contributed by atoms with van der Waals surface area (Å²) in [5, 5.41) is 10.0. The Morgan fingerprint density at radius 2 is 2.10 bits per heavy atom. The molecule has 1 aromatic heterocycles. The van der Waals surface area contributed by atoms with Crippen LogP contribution in [-0.4, -0.2) is 16.7 Å². The van der Waals surface area contributed by atoms with Crippen molar-refractivity contribution in [2.75, 3.05) is 0 Å². The molecule has 4 heteroatoms. The molecule has 0 amide bonds. The van der Waals surface area contributed by atoms with Crippen molar-refractivity contribution in [3.63, 3.8) is 0 Å². The van der Waals surface area contributed by atoms with Gasteiger partial charge in [0.25, 0.3) is 0 Å². The lowest BCUT2D eigenvalue weighted by molar-refractivity contribution is -0.113. The molecule has 0 bridgehead atoms. The van der Waals surface area contributed by atoms with E-state index in [0.29, 0.717) is 17.7 Å². The number of rotatable bonds is 4. The van der Waals surface area contributed by atoms with Gasteiger partial charge in [-0.3, -0.25) is 9.59 Å². The summed E-state index contributed by atoms with van der Waals surface area (Å²) in [6, 6.07) is 1.60. The van der Waals surface area contributed by atoms with Gasteiger partial charge in [-0.1, -0.05) is 11.6 Å². The van der Waals surface area contributed by atoms with Crippen LogP contribution in [0.1, 0.15) is 37.7 Å². The van der Waals surface area contributed by atoms with E-state index in [9.17, 15) is 14.7 Å². The molecule has 0 saturated carbocycles. The predicted octanol–water partition coefficient (Wildman–Crippen LogP) is 2.76. The summed E-state index contributed by atoms with van der Waals surface area (Å²) >= 11 is 0. The van der Waals surface area contributed by atoms with Crippen LogP contribution in [0.15, 0.2) is 46.6 Å². The fourth-order valence-electron chi connectivity index (χ4n) is 1.85. The van der Waals surface area contributed by atoms with Crippen molar-refractivity contribution in [3.05, 3.63) is 53.5 Å². The molecule has 1 N–H and O–H groups in total. The SMILES string of the molecule is CC(C)=CCC(O)c1coc(C2=CC(=O)C=CC2=O)c1. The third-order valence-electron chi connectivity index (χ3n) is 2.97. The minimum Gasteiger partial charge on any atom is -0.464 e. The second-order valence-corrected chi connectivity index (χ2v) is 4.94. The van der Waals surface area contributed by atoms with Crippen LogP contribution in [0.4, 0.5) is 0 Å². The van der Waals surface area contributed by atoms with Gasteiger partial charge in [-0.05, 0) is 38.5 Å². The van der Waals surface area contributed by atoms with E-state index < -0.39 is 6.10 Å². The lowest BCUT2D eigenvalue weighted by Crippen LogP contribution is -2.05. The summed E-state index contributed by atoms with van der Waals surface area (Å²) in [4.78, 5) is 23.0. The largest absolute Gasteiger partial charge is 0.464 e. The Labute approximate surface area is 117 Å². The number of carbonyl (C=O) groups excluding carboxylic acids is 2. The van der Waals surface area contributed by atoms with Crippen LogP contribution in [0.3, 0.4) is 0 Å². The maximum atomic E-state index is 11.7. The molecular formula is C16H16O4. The fourth-order valence-corrected chi connectivity index (χ4v) is 1.85. The van der Waals surface area contributed by atoms with Gasteiger partial charge in [-0.25, -0.2) is 0 Å². The first kappa shape index (κ1) is 14.2. The van der Waals surface area contributed by atoms with Gasteiger partial charge in [0.1, 0.15) is 5.76 Å². The van der Waals surface area contributed by atoms with Gasteiger partial charge in [-0.2, -0.15) is 0 Å². The highest BCUT2D eigenvalue weighted by atomic mass is 16.3. The minimum atomic E-state index is -0.687. The molecule has 1 atom stereocenters. The zero-order chi connectivity index (χ0) is 14.7. The Bertz CT molecular complexity index is 625. The topological polar surface area (TPSA) is 67.5 Å². The van der Waals surface area contributed by atoms with Crippen molar-refractivity contribution in [2.45, 2.75) is 26.4 Å². The fraction of sp³-hybridized carbons (Fsp3) is 0.250. The van der Waals surface area contributed by atoms with E-state index in [4.69, 9.17) is 4.42 Å². The van der Waals surface area contributed by atoms with E-state index in [-0.39, 0.29) is 17.1 Å². The minimum absolute atomic E-state index is 0.221. The molecule has 1 heterocycles. The van der Waals surface area contributed by atoms with Crippen LogP contribution in [-0.2, 0) is 9.59 Å². The molecule has 0 fully saturated rings. The van der Waals surface area contributed by atoms with Gasteiger partial charge in [0.05, 0.1) is 17.9 Å². The van der Waals surface area contributed by atoms with Gasteiger partial charge < -0.3 is 9.52 Å². The molecule has 1 aromatic rings. The van der Waals surface area contributed by atoms with Crippen molar-refractivity contribution >= 4 is 17.1 Å². The monoisotopic (exact) mass is 272 g/mol. The van der Waals surface area contributed by atoms with Crippen LogP contribution in [0.5, 0.6) is 0 Å².